The van der Waals surface area contributed by atoms with Gasteiger partial charge >= 0.3 is 17.9 Å². The van der Waals surface area contributed by atoms with Crippen molar-refractivity contribution >= 4 is 35.4 Å². The van der Waals surface area contributed by atoms with Gasteiger partial charge in [0.1, 0.15) is 11.3 Å². The maximum atomic E-state index is 13.0. The van der Waals surface area contributed by atoms with E-state index in [4.69, 9.17) is 25.8 Å². The maximum absolute atomic E-state index is 13.0. The van der Waals surface area contributed by atoms with Crippen molar-refractivity contribution in [2.75, 3.05) is 6.79 Å². The first-order valence-corrected chi connectivity index (χ1v) is 15.5. The molecule has 0 aliphatic heterocycles. The standard InChI is InChI=1S/C34H42ClN3O9/c1-20(2)26(17-30(41)47-34(3,4)5)32(43)45-19-46-33(44)28(39)16-25(36-31(42)27-18-29(40)38(6)37-27)14-21-10-12-22(13-11-21)23-8-7-9-24(35)15-23/h7-13,15,18,20,25-26,28,37,39H,14,16-17,19H2,1-6H3,(H,36,42)/t25-,26+,28-/m1/s1. The third-order valence-electron chi connectivity index (χ3n) is 7.16. The van der Waals surface area contributed by atoms with Gasteiger partial charge in [0.05, 0.1) is 12.3 Å². The number of rotatable bonds is 14. The summed E-state index contributed by atoms with van der Waals surface area (Å²) in [4.78, 5) is 62.4. The number of hydrogen-bond acceptors (Lipinski definition) is 9. The van der Waals surface area contributed by atoms with E-state index in [2.05, 4.69) is 10.4 Å². The average Bonchev–Trinajstić information content (AvgIpc) is 3.32. The average molecular weight is 672 g/mol. The van der Waals surface area contributed by atoms with Crippen molar-refractivity contribution in [3.05, 3.63) is 81.2 Å². The number of carbonyl (C=O) groups excluding carboxylic acids is 4. The molecular formula is C34H42ClN3O9. The summed E-state index contributed by atoms with van der Waals surface area (Å²) >= 11 is 6.12. The Morgan fingerprint density at radius 2 is 1.64 bits per heavy atom. The van der Waals surface area contributed by atoms with Crippen LogP contribution in [-0.4, -0.2) is 63.2 Å². The lowest BCUT2D eigenvalue weighted by Gasteiger charge is -2.23. The molecule has 2 aromatic carbocycles. The highest BCUT2D eigenvalue weighted by atomic mass is 35.5. The molecule has 0 radical (unpaired) electrons. The minimum Gasteiger partial charge on any atom is -0.460 e. The number of aliphatic hydroxyl groups excluding tert-OH is 1. The van der Waals surface area contributed by atoms with E-state index in [1.54, 1.807) is 40.7 Å². The Kier molecular flexibility index (Phi) is 12.9. The van der Waals surface area contributed by atoms with Gasteiger partial charge in [0.2, 0.25) is 6.79 Å². The highest BCUT2D eigenvalue weighted by Gasteiger charge is 2.30. The van der Waals surface area contributed by atoms with Gasteiger partial charge in [-0.3, -0.25) is 29.0 Å². The molecule has 0 saturated carbocycles. The molecule has 13 heteroatoms. The van der Waals surface area contributed by atoms with Crippen molar-refractivity contribution in [2.45, 2.75) is 71.6 Å². The van der Waals surface area contributed by atoms with E-state index < -0.39 is 59.8 Å². The normalized spacial score (nSPS) is 13.4. The fraction of sp³-hybridized carbons (Fsp3) is 0.441. The Balaban J connectivity index is 1.64. The van der Waals surface area contributed by atoms with E-state index in [-0.39, 0.29) is 30.9 Å². The summed E-state index contributed by atoms with van der Waals surface area (Å²) in [6.07, 6.45) is -1.93. The molecule has 1 heterocycles. The molecule has 3 N–H and O–H groups in total. The van der Waals surface area contributed by atoms with Crippen LogP contribution in [0.3, 0.4) is 0 Å². The highest BCUT2D eigenvalue weighted by Crippen LogP contribution is 2.24. The molecule has 1 amide bonds. The SMILES string of the molecule is CC(C)[C@H](CC(=O)OC(C)(C)C)C(=O)OCOC(=O)[C@H](O)C[C@@H](Cc1ccc(-c2cccc(Cl)c2)cc1)NC(=O)c1cc(=O)n(C)[nH]1. The molecular weight excluding hydrogens is 630 g/mol. The zero-order valence-electron chi connectivity index (χ0n) is 27.4. The number of ether oxygens (including phenoxy) is 3. The van der Waals surface area contributed by atoms with Crippen molar-refractivity contribution in [3.8, 4) is 11.1 Å². The number of esters is 3. The van der Waals surface area contributed by atoms with Crippen LogP contribution in [0.1, 0.15) is 63.5 Å². The third-order valence-corrected chi connectivity index (χ3v) is 7.39. The number of benzene rings is 2. The van der Waals surface area contributed by atoms with Crippen molar-refractivity contribution in [1.29, 1.82) is 0 Å². The number of nitrogens with one attached hydrogen (secondary N) is 2. The lowest BCUT2D eigenvalue weighted by molar-refractivity contribution is -0.179. The number of hydrogen-bond donors (Lipinski definition) is 3. The second kappa shape index (κ2) is 16.4. The van der Waals surface area contributed by atoms with Crippen LogP contribution in [0, 0.1) is 11.8 Å². The Hall–Kier alpha value is -4.42. The fourth-order valence-electron chi connectivity index (χ4n) is 4.72. The topological polar surface area (TPSA) is 166 Å². The summed E-state index contributed by atoms with van der Waals surface area (Å²) in [6.45, 7) is 7.87. The molecule has 0 fully saturated rings. The van der Waals surface area contributed by atoms with E-state index >= 15 is 0 Å². The van der Waals surface area contributed by atoms with Crippen LogP contribution in [0.4, 0.5) is 0 Å². The van der Waals surface area contributed by atoms with E-state index in [1.165, 1.54) is 7.05 Å². The number of carbonyl (C=O) groups is 4. The van der Waals surface area contributed by atoms with Gasteiger partial charge in [-0.25, -0.2) is 4.79 Å². The van der Waals surface area contributed by atoms with Crippen LogP contribution in [-0.2, 0) is 42.1 Å². The van der Waals surface area contributed by atoms with Crippen molar-refractivity contribution in [2.24, 2.45) is 18.9 Å². The number of amides is 1. The van der Waals surface area contributed by atoms with Crippen LogP contribution >= 0.6 is 11.6 Å². The van der Waals surface area contributed by atoms with Gasteiger partial charge in [-0.05, 0) is 61.9 Å². The van der Waals surface area contributed by atoms with Gasteiger partial charge in [0.25, 0.3) is 11.5 Å². The first-order chi connectivity index (χ1) is 22.0. The molecule has 0 unspecified atom stereocenters. The van der Waals surface area contributed by atoms with E-state index in [1.807, 2.05) is 42.5 Å². The van der Waals surface area contributed by atoms with Crippen LogP contribution in [0.2, 0.25) is 5.02 Å². The number of halogens is 1. The zero-order valence-corrected chi connectivity index (χ0v) is 28.1. The minimum absolute atomic E-state index is 0.00821. The second-order valence-corrected chi connectivity index (χ2v) is 13.0. The van der Waals surface area contributed by atoms with E-state index in [0.29, 0.717) is 5.02 Å². The molecule has 0 spiro atoms. The van der Waals surface area contributed by atoms with Gasteiger partial charge < -0.3 is 24.6 Å². The van der Waals surface area contributed by atoms with Gasteiger partial charge in [0.15, 0.2) is 6.10 Å². The number of aromatic nitrogens is 2. The van der Waals surface area contributed by atoms with Crippen molar-refractivity contribution in [3.63, 3.8) is 0 Å². The van der Waals surface area contributed by atoms with Gasteiger partial charge in [0, 0.05) is 30.6 Å². The minimum atomic E-state index is -1.69. The first kappa shape index (κ1) is 37.0. The Morgan fingerprint density at radius 1 is 0.979 bits per heavy atom. The van der Waals surface area contributed by atoms with Crippen LogP contribution < -0.4 is 10.9 Å². The first-order valence-electron chi connectivity index (χ1n) is 15.2. The van der Waals surface area contributed by atoms with Gasteiger partial charge in [-0.1, -0.05) is 61.8 Å². The van der Waals surface area contributed by atoms with Crippen LogP contribution in [0.25, 0.3) is 11.1 Å². The lowest BCUT2D eigenvalue weighted by atomic mass is 9.92. The highest BCUT2D eigenvalue weighted by molar-refractivity contribution is 6.30. The smallest absolute Gasteiger partial charge is 0.337 e. The quantitative estimate of drug-likeness (QED) is 0.168. The lowest BCUT2D eigenvalue weighted by Crippen LogP contribution is -2.41. The maximum Gasteiger partial charge on any atom is 0.337 e. The summed E-state index contributed by atoms with van der Waals surface area (Å²) < 4.78 is 16.5. The van der Waals surface area contributed by atoms with Crippen LogP contribution in [0.5, 0.6) is 0 Å². The molecule has 0 aliphatic rings. The van der Waals surface area contributed by atoms with Crippen molar-refractivity contribution in [1.82, 2.24) is 15.1 Å². The molecule has 3 aromatic rings. The third kappa shape index (κ3) is 11.7. The summed E-state index contributed by atoms with van der Waals surface area (Å²) in [7, 11) is 1.46. The van der Waals surface area contributed by atoms with E-state index in [9.17, 15) is 29.1 Å². The molecule has 0 bridgehead atoms. The molecule has 3 rings (SSSR count). The Morgan fingerprint density at radius 3 is 2.21 bits per heavy atom. The zero-order chi connectivity index (χ0) is 34.9. The second-order valence-electron chi connectivity index (χ2n) is 12.6. The van der Waals surface area contributed by atoms with E-state index in [0.717, 1.165) is 27.4 Å². The largest absolute Gasteiger partial charge is 0.460 e. The molecule has 3 atom stereocenters. The number of nitrogens with zero attached hydrogens (tertiary/aromatic N) is 1. The summed E-state index contributed by atoms with van der Waals surface area (Å²) in [5.74, 6) is -4.09. The molecule has 0 aliphatic carbocycles. The molecule has 254 valence electrons. The molecule has 1 aromatic heterocycles. The summed E-state index contributed by atoms with van der Waals surface area (Å²) in [5, 5.41) is 16.7. The van der Waals surface area contributed by atoms with Crippen LogP contribution in [0.15, 0.2) is 59.4 Å². The molecule has 12 nitrogen and oxygen atoms in total. The summed E-state index contributed by atoms with van der Waals surface area (Å²) in [6, 6.07) is 15.2. The van der Waals surface area contributed by atoms with Gasteiger partial charge in [-0.15, -0.1) is 0 Å². The predicted molar refractivity (Wildman–Crippen MR) is 174 cm³/mol. The number of aliphatic hydroxyl groups is 1. The van der Waals surface area contributed by atoms with Gasteiger partial charge in [-0.2, -0.15) is 0 Å². The fourth-order valence-corrected chi connectivity index (χ4v) is 4.91. The number of aromatic amines is 1. The number of aryl methyl sites for hydroxylation is 1. The molecule has 47 heavy (non-hydrogen) atoms. The Bertz CT molecular complexity index is 1610. The van der Waals surface area contributed by atoms with Crippen molar-refractivity contribution < 1.29 is 38.5 Å². The summed E-state index contributed by atoms with van der Waals surface area (Å²) in [5.41, 5.74) is 1.51. The monoisotopic (exact) mass is 671 g/mol. The Labute approximate surface area is 278 Å². The predicted octanol–water partition coefficient (Wildman–Crippen LogP) is 4.17. The molecule has 0 saturated heterocycles. The number of H-pyrrole nitrogens is 1.